The third-order valence-corrected chi connectivity index (χ3v) is 3.13. The second-order valence-electron chi connectivity index (χ2n) is 4.07. The van der Waals surface area contributed by atoms with Gasteiger partial charge in [-0.2, -0.15) is 5.10 Å². The van der Waals surface area contributed by atoms with Crippen LogP contribution in [0.15, 0.2) is 47.3 Å². The predicted molar refractivity (Wildman–Crippen MR) is 76.7 cm³/mol. The molecule has 100 valence electrons. The molecule has 20 heavy (non-hydrogen) atoms. The van der Waals surface area contributed by atoms with E-state index in [9.17, 15) is 4.39 Å². The fraction of sp³-hybridized carbons (Fsp3) is 0. The lowest BCUT2D eigenvalue weighted by molar-refractivity contribution is 0.621. The van der Waals surface area contributed by atoms with Gasteiger partial charge in [0.25, 0.3) is 0 Å². The van der Waals surface area contributed by atoms with Gasteiger partial charge in [0.1, 0.15) is 11.5 Å². The minimum atomic E-state index is -0.402. The summed E-state index contributed by atoms with van der Waals surface area (Å²) in [7, 11) is 0. The third kappa shape index (κ3) is 2.39. The molecule has 0 spiro atoms. The summed E-state index contributed by atoms with van der Waals surface area (Å²) in [5.41, 5.74) is 7.39. The van der Waals surface area contributed by atoms with Gasteiger partial charge in [-0.25, -0.2) is 14.1 Å². The second kappa shape index (κ2) is 5.01. The van der Waals surface area contributed by atoms with E-state index in [0.717, 1.165) is 10.7 Å². The van der Waals surface area contributed by atoms with Crippen LogP contribution in [-0.4, -0.2) is 19.7 Å². The summed E-state index contributed by atoms with van der Waals surface area (Å²) in [6.45, 7) is 0. The molecule has 0 aliphatic rings. The Morgan fingerprint density at radius 1 is 1.10 bits per heavy atom. The van der Waals surface area contributed by atoms with Gasteiger partial charge in [0.15, 0.2) is 5.82 Å². The molecule has 3 rings (SSSR count). The average Bonchev–Trinajstić information content (AvgIpc) is 2.82. The highest BCUT2D eigenvalue weighted by Crippen LogP contribution is 2.23. The summed E-state index contributed by atoms with van der Waals surface area (Å²) in [4.78, 5) is 8.20. The zero-order valence-corrected chi connectivity index (χ0v) is 11.7. The van der Waals surface area contributed by atoms with Crippen molar-refractivity contribution in [1.29, 1.82) is 0 Å². The third-order valence-electron chi connectivity index (χ3n) is 2.66. The molecule has 3 aromatic heterocycles. The number of nitrogens with zero attached hydrogens (tertiary/aromatic N) is 4. The largest absolute Gasteiger partial charge is 0.396 e. The van der Waals surface area contributed by atoms with Crippen LogP contribution in [0.4, 0.5) is 10.1 Å². The van der Waals surface area contributed by atoms with E-state index in [0.29, 0.717) is 22.9 Å². The molecule has 0 saturated heterocycles. The van der Waals surface area contributed by atoms with E-state index in [2.05, 4.69) is 31.0 Å². The smallest absolute Gasteiger partial charge is 0.153 e. The summed E-state index contributed by atoms with van der Waals surface area (Å²) >= 11 is 3.32. The van der Waals surface area contributed by atoms with Crippen LogP contribution in [0.1, 0.15) is 0 Å². The topological polar surface area (TPSA) is 69.6 Å². The molecule has 0 saturated carbocycles. The summed E-state index contributed by atoms with van der Waals surface area (Å²) in [6.07, 6.45) is 4.45. The number of halogens is 2. The van der Waals surface area contributed by atoms with Gasteiger partial charge in [-0.1, -0.05) is 0 Å². The van der Waals surface area contributed by atoms with Gasteiger partial charge >= 0.3 is 0 Å². The normalized spacial score (nSPS) is 10.7. The van der Waals surface area contributed by atoms with Crippen molar-refractivity contribution >= 4 is 21.6 Å². The number of anilines is 1. The maximum absolute atomic E-state index is 12.9. The van der Waals surface area contributed by atoms with E-state index in [1.54, 1.807) is 23.1 Å². The summed E-state index contributed by atoms with van der Waals surface area (Å²) < 4.78 is 15.3. The molecule has 0 aliphatic carbocycles. The first-order valence-corrected chi connectivity index (χ1v) is 6.52. The number of hydrogen-bond donors (Lipinski definition) is 1. The van der Waals surface area contributed by atoms with E-state index in [4.69, 9.17) is 5.73 Å². The Labute approximate surface area is 122 Å². The van der Waals surface area contributed by atoms with Crippen molar-refractivity contribution in [2.75, 3.05) is 5.73 Å². The number of rotatable bonds is 2. The maximum atomic E-state index is 12.9. The van der Waals surface area contributed by atoms with Crippen LogP contribution in [0.3, 0.4) is 0 Å². The quantitative estimate of drug-likeness (QED) is 0.782. The number of nitrogen functional groups attached to an aromatic ring is 1. The zero-order chi connectivity index (χ0) is 14.1. The van der Waals surface area contributed by atoms with E-state index in [1.807, 2.05) is 6.07 Å². The molecule has 5 nitrogen and oxygen atoms in total. The molecular weight excluding hydrogens is 325 g/mol. The summed E-state index contributed by atoms with van der Waals surface area (Å²) in [5, 5.41) is 4.34. The van der Waals surface area contributed by atoms with Gasteiger partial charge in [0, 0.05) is 10.7 Å². The van der Waals surface area contributed by atoms with Crippen molar-refractivity contribution in [2.24, 2.45) is 0 Å². The van der Waals surface area contributed by atoms with Crippen LogP contribution < -0.4 is 5.73 Å². The molecule has 0 radical (unpaired) electrons. The Balaban J connectivity index is 2.02. The van der Waals surface area contributed by atoms with Crippen LogP contribution in [0.2, 0.25) is 0 Å². The molecule has 0 atom stereocenters. The summed E-state index contributed by atoms with van der Waals surface area (Å²) in [6, 6.07) is 6.51. The fourth-order valence-electron chi connectivity index (χ4n) is 1.72. The molecule has 0 aromatic carbocycles. The van der Waals surface area contributed by atoms with Crippen molar-refractivity contribution in [1.82, 2.24) is 19.7 Å². The highest BCUT2D eigenvalue weighted by molar-refractivity contribution is 9.10. The number of aromatic nitrogens is 4. The van der Waals surface area contributed by atoms with Gasteiger partial charge in [0.05, 0.1) is 23.8 Å². The lowest BCUT2D eigenvalue weighted by Gasteiger charge is -1.99. The minimum Gasteiger partial charge on any atom is -0.396 e. The first-order valence-electron chi connectivity index (χ1n) is 5.72. The lowest BCUT2D eigenvalue weighted by atomic mass is 10.2. The van der Waals surface area contributed by atoms with Crippen LogP contribution in [0.25, 0.3) is 17.2 Å². The number of hydrogen-bond acceptors (Lipinski definition) is 4. The van der Waals surface area contributed by atoms with Gasteiger partial charge in [-0.3, -0.25) is 4.98 Å². The lowest BCUT2D eigenvalue weighted by Crippen LogP contribution is -1.97. The van der Waals surface area contributed by atoms with Gasteiger partial charge < -0.3 is 5.73 Å². The zero-order valence-electron chi connectivity index (χ0n) is 10.2. The van der Waals surface area contributed by atoms with Crippen molar-refractivity contribution in [3.05, 3.63) is 53.1 Å². The van der Waals surface area contributed by atoms with Crippen molar-refractivity contribution in [2.45, 2.75) is 0 Å². The first-order chi connectivity index (χ1) is 9.63. The molecule has 0 aliphatic heterocycles. The van der Waals surface area contributed by atoms with Crippen LogP contribution >= 0.6 is 15.9 Å². The highest BCUT2D eigenvalue weighted by atomic mass is 79.9. The Hall–Kier alpha value is -2.28. The van der Waals surface area contributed by atoms with E-state index in [1.165, 1.54) is 12.1 Å². The predicted octanol–water partition coefficient (Wildman–Crippen LogP) is 2.81. The van der Waals surface area contributed by atoms with Crippen molar-refractivity contribution in [3.63, 3.8) is 0 Å². The SMILES string of the molecule is Nc1cn(-c2ccc(Br)cn2)nc1-c1ccc(F)cn1. The van der Waals surface area contributed by atoms with E-state index >= 15 is 0 Å². The Morgan fingerprint density at radius 3 is 2.60 bits per heavy atom. The molecule has 2 N–H and O–H groups in total. The number of pyridine rings is 2. The standard InChI is InChI=1S/C13H9BrFN5/c14-8-1-4-12(18-5-8)20-7-10(16)13(19-20)11-3-2-9(15)6-17-11/h1-7H,16H2. The van der Waals surface area contributed by atoms with Gasteiger partial charge in [0.2, 0.25) is 0 Å². The molecule has 0 unspecified atom stereocenters. The Morgan fingerprint density at radius 2 is 1.95 bits per heavy atom. The molecular formula is C13H9BrFN5. The molecule has 3 aromatic rings. The Kier molecular flexibility index (Phi) is 3.19. The van der Waals surface area contributed by atoms with E-state index in [-0.39, 0.29) is 0 Å². The molecule has 3 heterocycles. The first kappa shape index (κ1) is 12.7. The van der Waals surface area contributed by atoms with Crippen LogP contribution in [-0.2, 0) is 0 Å². The van der Waals surface area contributed by atoms with Gasteiger partial charge in [-0.15, -0.1) is 0 Å². The highest BCUT2D eigenvalue weighted by Gasteiger charge is 2.11. The molecule has 0 amide bonds. The summed E-state index contributed by atoms with van der Waals surface area (Å²) in [5.74, 6) is 0.231. The minimum absolute atomic E-state index is 0.402. The van der Waals surface area contributed by atoms with Crippen molar-refractivity contribution in [3.8, 4) is 17.2 Å². The molecule has 0 bridgehead atoms. The second-order valence-corrected chi connectivity index (χ2v) is 4.99. The van der Waals surface area contributed by atoms with Crippen LogP contribution in [0, 0.1) is 5.82 Å². The molecule has 7 heteroatoms. The average molecular weight is 334 g/mol. The molecule has 0 fully saturated rings. The van der Waals surface area contributed by atoms with Gasteiger partial charge in [-0.05, 0) is 40.2 Å². The van der Waals surface area contributed by atoms with E-state index < -0.39 is 5.82 Å². The maximum Gasteiger partial charge on any atom is 0.153 e. The van der Waals surface area contributed by atoms with Crippen molar-refractivity contribution < 1.29 is 4.39 Å². The monoisotopic (exact) mass is 333 g/mol. The Bertz CT molecular complexity index is 736. The number of nitrogens with two attached hydrogens (primary N) is 1. The fourth-order valence-corrected chi connectivity index (χ4v) is 1.96. The van der Waals surface area contributed by atoms with Crippen LogP contribution in [0.5, 0.6) is 0 Å².